The molecular formula is C28H35Cl2NO6S. The Morgan fingerprint density at radius 1 is 1.16 bits per heavy atom. The standard InChI is InChI=1S/C28H35Cl2NO6S/c1-17(12-23(18-8-10-20(29)11-9-18)38(36,37)16-27(2,3)35)25-22(19-6-5-7-21(30)13-19)14-28(4,15-24(32)33)26(34)31-25/h5-11,13,17,22-23,25,35H,12,14-16H2,1-4H3,(H,31,34)(H,32,33)/t17?,22-,23+,25+,28+/m1/s1. The summed E-state index contributed by atoms with van der Waals surface area (Å²) in [7, 11) is -3.83. The van der Waals surface area contributed by atoms with E-state index in [0.29, 0.717) is 15.6 Å². The van der Waals surface area contributed by atoms with Gasteiger partial charge in [-0.15, -0.1) is 0 Å². The average molecular weight is 585 g/mol. The maximum absolute atomic E-state index is 13.6. The molecule has 1 fully saturated rings. The summed E-state index contributed by atoms with van der Waals surface area (Å²) in [5.74, 6) is -2.52. The predicted molar refractivity (Wildman–Crippen MR) is 149 cm³/mol. The van der Waals surface area contributed by atoms with Crippen molar-refractivity contribution in [3.05, 3.63) is 69.7 Å². The first-order valence-electron chi connectivity index (χ1n) is 12.5. The van der Waals surface area contributed by atoms with Crippen molar-refractivity contribution in [1.29, 1.82) is 0 Å². The fraction of sp³-hybridized carbons (Fsp3) is 0.500. The van der Waals surface area contributed by atoms with Gasteiger partial charge in [-0.2, -0.15) is 0 Å². The van der Waals surface area contributed by atoms with Crippen LogP contribution in [0.2, 0.25) is 10.0 Å². The molecule has 5 atom stereocenters. The molecule has 1 saturated heterocycles. The van der Waals surface area contributed by atoms with E-state index in [1.54, 1.807) is 49.4 Å². The molecule has 3 N–H and O–H groups in total. The van der Waals surface area contributed by atoms with Crippen LogP contribution < -0.4 is 5.32 Å². The van der Waals surface area contributed by atoms with E-state index in [-0.39, 0.29) is 37.0 Å². The molecule has 1 amide bonds. The zero-order valence-corrected chi connectivity index (χ0v) is 24.3. The SMILES string of the molecule is CC(C[C@@H](c1ccc(Cl)cc1)S(=O)(=O)CC(C)(C)O)[C@@H]1NC(=O)[C@](C)(CC(=O)O)C[C@@H]1c1cccc(Cl)c1. The number of amides is 1. The number of nitrogens with one attached hydrogen (secondary N) is 1. The van der Waals surface area contributed by atoms with Crippen LogP contribution in [0.4, 0.5) is 0 Å². The Bertz CT molecular complexity index is 1270. The van der Waals surface area contributed by atoms with E-state index in [1.807, 2.05) is 13.0 Å². The molecule has 10 heteroatoms. The lowest BCUT2D eigenvalue weighted by Gasteiger charge is -2.45. The fourth-order valence-corrected chi connectivity index (χ4v) is 8.14. The number of aliphatic carboxylic acids is 1. The Kier molecular flexibility index (Phi) is 9.24. The molecule has 0 bridgehead atoms. The number of hydrogen-bond donors (Lipinski definition) is 3. The van der Waals surface area contributed by atoms with E-state index >= 15 is 0 Å². The average Bonchev–Trinajstić information content (AvgIpc) is 2.77. The molecule has 2 aromatic carbocycles. The van der Waals surface area contributed by atoms with Gasteiger partial charge >= 0.3 is 5.97 Å². The summed E-state index contributed by atoms with van der Waals surface area (Å²) in [6.45, 7) is 6.42. The maximum atomic E-state index is 13.6. The number of piperidine rings is 1. The molecule has 0 radical (unpaired) electrons. The minimum Gasteiger partial charge on any atom is -0.481 e. The Balaban J connectivity index is 2.02. The van der Waals surface area contributed by atoms with Crippen LogP contribution >= 0.6 is 23.2 Å². The lowest BCUT2D eigenvalue weighted by Crippen LogP contribution is -2.56. The van der Waals surface area contributed by atoms with Crippen LogP contribution in [0, 0.1) is 11.3 Å². The summed E-state index contributed by atoms with van der Waals surface area (Å²) in [6, 6.07) is 13.3. The van der Waals surface area contributed by atoms with Gasteiger partial charge in [-0.3, -0.25) is 9.59 Å². The molecule has 0 spiro atoms. The molecule has 7 nitrogen and oxygen atoms in total. The zero-order chi connectivity index (χ0) is 28.5. The highest BCUT2D eigenvalue weighted by atomic mass is 35.5. The van der Waals surface area contributed by atoms with Crippen molar-refractivity contribution >= 4 is 44.9 Å². The Hall–Kier alpha value is -2.13. The van der Waals surface area contributed by atoms with Gasteiger partial charge in [0.2, 0.25) is 5.91 Å². The number of hydrogen-bond acceptors (Lipinski definition) is 5. The number of carboxylic acid groups (broad SMARTS) is 1. The molecular weight excluding hydrogens is 549 g/mol. The van der Waals surface area contributed by atoms with E-state index < -0.39 is 43.9 Å². The Labute approximate surface area is 234 Å². The van der Waals surface area contributed by atoms with Crippen molar-refractivity contribution in [3.8, 4) is 0 Å². The summed E-state index contributed by atoms with van der Waals surface area (Å²) in [4.78, 5) is 24.8. The second-order valence-electron chi connectivity index (χ2n) is 11.4. The molecule has 208 valence electrons. The second kappa shape index (κ2) is 11.5. The number of carbonyl (C=O) groups excluding carboxylic acids is 1. The summed E-state index contributed by atoms with van der Waals surface area (Å²) in [5.41, 5.74) is -1.19. The van der Waals surface area contributed by atoms with Gasteiger partial charge in [0.1, 0.15) is 0 Å². The van der Waals surface area contributed by atoms with Crippen molar-refractivity contribution in [3.63, 3.8) is 0 Å². The third-order valence-electron chi connectivity index (χ3n) is 7.20. The van der Waals surface area contributed by atoms with E-state index in [0.717, 1.165) is 5.56 Å². The zero-order valence-electron chi connectivity index (χ0n) is 21.9. The highest BCUT2D eigenvalue weighted by Crippen LogP contribution is 2.45. The molecule has 1 aliphatic rings. The monoisotopic (exact) mass is 583 g/mol. The van der Waals surface area contributed by atoms with Crippen LogP contribution in [0.15, 0.2) is 48.5 Å². The lowest BCUT2D eigenvalue weighted by molar-refractivity contribution is -0.147. The van der Waals surface area contributed by atoms with Crippen molar-refractivity contribution in [2.45, 2.75) is 69.8 Å². The van der Waals surface area contributed by atoms with Crippen LogP contribution in [0.5, 0.6) is 0 Å². The number of carbonyl (C=O) groups is 2. The maximum Gasteiger partial charge on any atom is 0.304 e. The molecule has 0 aliphatic carbocycles. The summed E-state index contributed by atoms with van der Waals surface area (Å²) < 4.78 is 27.1. The number of aliphatic hydroxyl groups is 1. The molecule has 0 saturated carbocycles. The summed E-state index contributed by atoms with van der Waals surface area (Å²) in [6.07, 6.45) is 0.102. The van der Waals surface area contributed by atoms with Gasteiger partial charge < -0.3 is 15.5 Å². The molecule has 3 rings (SSSR count). The van der Waals surface area contributed by atoms with Crippen LogP contribution in [-0.2, 0) is 19.4 Å². The van der Waals surface area contributed by atoms with Crippen molar-refractivity contribution in [2.75, 3.05) is 5.75 Å². The number of rotatable bonds is 10. The van der Waals surface area contributed by atoms with E-state index in [1.165, 1.54) is 13.8 Å². The van der Waals surface area contributed by atoms with Gasteiger partial charge in [-0.05, 0) is 68.0 Å². The number of halogens is 2. The predicted octanol–water partition coefficient (Wildman–Crippen LogP) is 5.40. The summed E-state index contributed by atoms with van der Waals surface area (Å²) >= 11 is 12.3. The minimum atomic E-state index is -3.83. The van der Waals surface area contributed by atoms with Gasteiger partial charge in [0.25, 0.3) is 0 Å². The number of sulfone groups is 1. The van der Waals surface area contributed by atoms with E-state index in [9.17, 15) is 28.2 Å². The van der Waals surface area contributed by atoms with Gasteiger partial charge in [0.05, 0.1) is 28.4 Å². The summed E-state index contributed by atoms with van der Waals surface area (Å²) in [5, 5.41) is 22.9. The van der Waals surface area contributed by atoms with E-state index in [4.69, 9.17) is 23.2 Å². The number of carboxylic acids is 1. The Morgan fingerprint density at radius 3 is 2.34 bits per heavy atom. The van der Waals surface area contributed by atoms with Crippen molar-refractivity contribution in [1.82, 2.24) is 5.32 Å². The van der Waals surface area contributed by atoms with Crippen LogP contribution in [-0.4, -0.2) is 47.9 Å². The second-order valence-corrected chi connectivity index (χ2v) is 14.4. The highest BCUT2D eigenvalue weighted by molar-refractivity contribution is 7.91. The largest absolute Gasteiger partial charge is 0.481 e. The van der Waals surface area contributed by atoms with Crippen LogP contribution in [0.25, 0.3) is 0 Å². The molecule has 38 heavy (non-hydrogen) atoms. The van der Waals surface area contributed by atoms with Crippen molar-refractivity contribution in [2.24, 2.45) is 11.3 Å². The molecule has 0 aromatic heterocycles. The molecule has 1 aliphatic heterocycles. The first-order valence-corrected chi connectivity index (χ1v) is 15.0. The van der Waals surface area contributed by atoms with Crippen molar-refractivity contribution < 1.29 is 28.2 Å². The van der Waals surface area contributed by atoms with Gasteiger partial charge in [-0.25, -0.2) is 8.42 Å². The first kappa shape index (κ1) is 30.4. The quantitative estimate of drug-likeness (QED) is 0.344. The van der Waals surface area contributed by atoms with Gasteiger partial charge in [-0.1, -0.05) is 61.3 Å². The normalized spacial score (nSPS) is 23.9. The topological polar surface area (TPSA) is 121 Å². The highest BCUT2D eigenvalue weighted by Gasteiger charge is 2.48. The third kappa shape index (κ3) is 7.50. The van der Waals surface area contributed by atoms with Gasteiger partial charge in [0.15, 0.2) is 9.84 Å². The smallest absolute Gasteiger partial charge is 0.304 e. The van der Waals surface area contributed by atoms with Gasteiger partial charge in [0, 0.05) is 22.0 Å². The number of benzene rings is 2. The fourth-order valence-electron chi connectivity index (χ4n) is 5.46. The lowest BCUT2D eigenvalue weighted by atomic mass is 9.67. The van der Waals surface area contributed by atoms with E-state index in [2.05, 4.69) is 5.32 Å². The first-order chi connectivity index (χ1) is 17.5. The molecule has 1 unspecified atom stereocenters. The Morgan fingerprint density at radius 2 is 1.79 bits per heavy atom. The molecule has 2 aromatic rings. The third-order valence-corrected chi connectivity index (χ3v) is 10.1. The van der Waals surface area contributed by atoms with Crippen LogP contribution in [0.3, 0.4) is 0 Å². The minimum absolute atomic E-state index is 0.164. The molecule has 1 heterocycles. The van der Waals surface area contributed by atoms with Crippen LogP contribution in [0.1, 0.15) is 69.3 Å².